The summed E-state index contributed by atoms with van der Waals surface area (Å²) in [5.74, 6) is 0.490. The zero-order valence-corrected chi connectivity index (χ0v) is 16.9. The first-order valence-corrected chi connectivity index (χ1v) is 9.87. The van der Waals surface area contributed by atoms with Crippen molar-refractivity contribution in [1.82, 2.24) is 15.5 Å². The lowest BCUT2D eigenvalue weighted by molar-refractivity contribution is -0.119. The van der Waals surface area contributed by atoms with Crippen LogP contribution in [0.1, 0.15) is 29.7 Å². The monoisotopic (exact) mass is 401 g/mol. The van der Waals surface area contributed by atoms with Crippen molar-refractivity contribution in [3.05, 3.63) is 64.2 Å². The molecule has 0 radical (unpaired) electrons. The van der Waals surface area contributed by atoms with Gasteiger partial charge in [-0.15, -0.1) is 10.2 Å². The molecule has 3 aromatic rings. The van der Waals surface area contributed by atoms with Gasteiger partial charge in [0, 0.05) is 10.6 Å². The van der Waals surface area contributed by atoms with Gasteiger partial charge in [0.2, 0.25) is 11.8 Å². The van der Waals surface area contributed by atoms with Gasteiger partial charge in [0.05, 0.1) is 11.8 Å². The van der Waals surface area contributed by atoms with E-state index in [9.17, 15) is 4.79 Å². The maximum atomic E-state index is 12.2. The summed E-state index contributed by atoms with van der Waals surface area (Å²) in [7, 11) is 0. The lowest BCUT2D eigenvalue weighted by Crippen LogP contribution is -2.28. The fourth-order valence-electron chi connectivity index (χ4n) is 2.53. The van der Waals surface area contributed by atoms with Gasteiger partial charge in [-0.1, -0.05) is 47.6 Å². The largest absolute Gasteiger partial charge is 0.411 e. The molecule has 0 unspecified atom stereocenters. The molecule has 0 aliphatic rings. The van der Waals surface area contributed by atoms with Crippen molar-refractivity contribution >= 4 is 29.3 Å². The third-order valence-electron chi connectivity index (χ3n) is 4.21. The highest BCUT2D eigenvalue weighted by molar-refractivity contribution is 7.99. The predicted molar refractivity (Wildman–Crippen MR) is 108 cm³/mol. The Morgan fingerprint density at radius 3 is 2.74 bits per heavy atom. The van der Waals surface area contributed by atoms with Crippen molar-refractivity contribution in [2.24, 2.45) is 0 Å². The smallest absolute Gasteiger partial charge is 0.277 e. The second-order valence-corrected chi connectivity index (χ2v) is 7.67. The summed E-state index contributed by atoms with van der Waals surface area (Å²) in [6.45, 7) is 6.11. The molecule has 7 heteroatoms. The highest BCUT2D eigenvalue weighted by atomic mass is 35.5. The van der Waals surface area contributed by atoms with E-state index in [4.69, 9.17) is 16.0 Å². The average molecular weight is 402 g/mol. The van der Waals surface area contributed by atoms with E-state index in [0.717, 1.165) is 11.1 Å². The van der Waals surface area contributed by atoms with Crippen molar-refractivity contribution in [2.45, 2.75) is 32.0 Å². The summed E-state index contributed by atoms with van der Waals surface area (Å²) in [5, 5.41) is 11.9. The summed E-state index contributed by atoms with van der Waals surface area (Å²) in [5.41, 5.74) is 4.27. The van der Waals surface area contributed by atoms with Crippen LogP contribution in [0.3, 0.4) is 0 Å². The summed E-state index contributed by atoms with van der Waals surface area (Å²) >= 11 is 7.18. The number of hydrogen-bond acceptors (Lipinski definition) is 5. The number of aromatic nitrogens is 2. The summed E-state index contributed by atoms with van der Waals surface area (Å²) in [6.07, 6.45) is 0. The number of carbonyl (C=O) groups excluding carboxylic acids is 1. The molecule has 5 nitrogen and oxygen atoms in total. The van der Waals surface area contributed by atoms with Crippen molar-refractivity contribution in [1.29, 1.82) is 0 Å². The Morgan fingerprint density at radius 1 is 1.19 bits per heavy atom. The number of aryl methyl sites for hydroxylation is 2. The van der Waals surface area contributed by atoms with Gasteiger partial charge in [0.1, 0.15) is 0 Å². The molecule has 0 fully saturated rings. The second kappa shape index (κ2) is 8.59. The summed E-state index contributed by atoms with van der Waals surface area (Å²) < 4.78 is 5.60. The first-order valence-electron chi connectivity index (χ1n) is 8.51. The predicted octanol–water partition coefficient (Wildman–Crippen LogP) is 4.98. The molecular weight excluding hydrogens is 382 g/mol. The number of rotatable bonds is 6. The minimum Gasteiger partial charge on any atom is -0.411 e. The van der Waals surface area contributed by atoms with Crippen LogP contribution in [0.2, 0.25) is 5.02 Å². The van der Waals surface area contributed by atoms with E-state index in [1.165, 1.54) is 22.9 Å². The van der Waals surface area contributed by atoms with Crippen LogP contribution in [0.4, 0.5) is 0 Å². The number of thioether (sulfide) groups is 1. The summed E-state index contributed by atoms with van der Waals surface area (Å²) in [4.78, 5) is 12.2. The van der Waals surface area contributed by atoms with Crippen LogP contribution in [0.15, 0.2) is 52.1 Å². The summed E-state index contributed by atoms with van der Waals surface area (Å²) in [6, 6.07) is 13.3. The Bertz CT molecular complexity index is 958. The molecule has 140 valence electrons. The van der Waals surface area contributed by atoms with Gasteiger partial charge in [-0.2, -0.15) is 0 Å². The standard InChI is InChI=1S/C20H20ClN3O2S/c1-12-7-8-15(9-13(12)2)14(3)22-18(25)11-27-20-24-23-19(26-20)16-5-4-6-17(21)10-16/h4-10,14H,11H2,1-3H3,(H,22,25)/t14-/m0/s1. The molecule has 0 saturated carbocycles. The lowest BCUT2D eigenvalue weighted by atomic mass is 10.0. The highest BCUT2D eigenvalue weighted by Crippen LogP contribution is 2.25. The zero-order valence-electron chi connectivity index (χ0n) is 15.3. The Hall–Kier alpha value is -2.31. The van der Waals surface area contributed by atoms with E-state index in [1.54, 1.807) is 12.1 Å². The van der Waals surface area contributed by atoms with Gasteiger partial charge in [-0.25, -0.2) is 0 Å². The Kier molecular flexibility index (Phi) is 6.19. The zero-order chi connectivity index (χ0) is 19.4. The fraction of sp³-hybridized carbons (Fsp3) is 0.250. The normalized spacial score (nSPS) is 12.0. The molecular formula is C20H20ClN3O2S. The number of carbonyl (C=O) groups is 1. The molecule has 1 N–H and O–H groups in total. The second-order valence-electron chi connectivity index (χ2n) is 6.31. The first-order chi connectivity index (χ1) is 12.9. The molecule has 1 atom stereocenters. The number of nitrogens with zero attached hydrogens (tertiary/aromatic N) is 2. The van der Waals surface area contributed by atoms with Crippen LogP contribution in [0, 0.1) is 13.8 Å². The van der Waals surface area contributed by atoms with E-state index in [-0.39, 0.29) is 17.7 Å². The van der Waals surface area contributed by atoms with Crippen molar-refractivity contribution < 1.29 is 9.21 Å². The average Bonchev–Trinajstić information content (AvgIpc) is 3.11. The molecule has 2 aromatic carbocycles. The molecule has 0 saturated heterocycles. The molecule has 27 heavy (non-hydrogen) atoms. The van der Waals surface area contributed by atoms with E-state index in [0.29, 0.717) is 16.1 Å². The fourth-order valence-corrected chi connectivity index (χ4v) is 3.30. The van der Waals surface area contributed by atoms with Crippen LogP contribution >= 0.6 is 23.4 Å². The Balaban J connectivity index is 1.55. The van der Waals surface area contributed by atoms with E-state index in [1.807, 2.05) is 25.1 Å². The quantitative estimate of drug-likeness (QED) is 0.590. The Morgan fingerprint density at radius 2 is 2.00 bits per heavy atom. The van der Waals surface area contributed by atoms with Gasteiger partial charge in [-0.05, 0) is 55.7 Å². The van der Waals surface area contributed by atoms with Crippen LogP contribution in [0.5, 0.6) is 0 Å². The van der Waals surface area contributed by atoms with Gasteiger partial charge in [0.15, 0.2) is 0 Å². The highest BCUT2D eigenvalue weighted by Gasteiger charge is 2.14. The molecule has 1 amide bonds. The minimum atomic E-state index is -0.0896. The minimum absolute atomic E-state index is 0.0675. The molecule has 0 spiro atoms. The van der Waals surface area contributed by atoms with Crippen molar-refractivity contribution in [3.63, 3.8) is 0 Å². The topological polar surface area (TPSA) is 68.0 Å². The first kappa shape index (κ1) is 19.5. The van der Waals surface area contributed by atoms with Crippen molar-refractivity contribution in [3.8, 4) is 11.5 Å². The van der Waals surface area contributed by atoms with Gasteiger partial charge in [-0.3, -0.25) is 4.79 Å². The number of benzene rings is 2. The van der Waals surface area contributed by atoms with Gasteiger partial charge < -0.3 is 9.73 Å². The molecule has 0 aliphatic carbocycles. The number of nitrogens with one attached hydrogen (secondary N) is 1. The van der Waals surface area contributed by atoms with Gasteiger partial charge >= 0.3 is 0 Å². The van der Waals surface area contributed by atoms with E-state index in [2.05, 4.69) is 41.5 Å². The SMILES string of the molecule is Cc1ccc([C@H](C)NC(=O)CSc2nnc(-c3cccc(Cl)c3)o2)cc1C. The van der Waals surface area contributed by atoms with Crippen LogP contribution in [0.25, 0.3) is 11.5 Å². The van der Waals surface area contributed by atoms with Crippen molar-refractivity contribution in [2.75, 3.05) is 5.75 Å². The van der Waals surface area contributed by atoms with E-state index < -0.39 is 0 Å². The molecule has 0 aliphatic heterocycles. The molecule has 1 aromatic heterocycles. The molecule has 1 heterocycles. The van der Waals surface area contributed by atoms with Gasteiger partial charge in [0.25, 0.3) is 5.22 Å². The van der Waals surface area contributed by atoms with Crippen LogP contribution in [-0.4, -0.2) is 21.9 Å². The Labute approximate surface area is 167 Å². The van der Waals surface area contributed by atoms with Crippen LogP contribution < -0.4 is 5.32 Å². The number of halogens is 1. The molecule has 0 bridgehead atoms. The number of amides is 1. The molecule has 3 rings (SSSR count). The number of hydrogen-bond donors (Lipinski definition) is 1. The maximum absolute atomic E-state index is 12.2. The maximum Gasteiger partial charge on any atom is 0.277 e. The third kappa shape index (κ3) is 5.11. The lowest BCUT2D eigenvalue weighted by Gasteiger charge is -2.15. The third-order valence-corrected chi connectivity index (χ3v) is 5.27. The van der Waals surface area contributed by atoms with E-state index >= 15 is 0 Å². The van der Waals surface area contributed by atoms with Crippen LogP contribution in [-0.2, 0) is 4.79 Å².